The molecule has 1 aromatic rings. The Morgan fingerprint density at radius 3 is 2.29 bits per heavy atom. The molecule has 1 fully saturated rings. The molecule has 24 heavy (non-hydrogen) atoms. The number of aryl methyl sites for hydroxylation is 1. The summed E-state index contributed by atoms with van der Waals surface area (Å²) >= 11 is 0. The zero-order valence-electron chi connectivity index (χ0n) is 15.4. The van der Waals surface area contributed by atoms with Crippen LogP contribution in [0.3, 0.4) is 0 Å². The normalized spacial score (nSPS) is 17.0. The van der Waals surface area contributed by atoms with Crippen molar-refractivity contribution in [2.24, 2.45) is 5.92 Å². The maximum Gasteiger partial charge on any atom is 0.208 e. The van der Waals surface area contributed by atoms with Crippen molar-refractivity contribution in [3.05, 3.63) is 18.2 Å². The summed E-state index contributed by atoms with van der Waals surface area (Å²) < 4.78 is 32.9. The standard InChI is InChI=1S/C6H8N2O.C6H12O.C4H11NO2S/c1-5-7-3-6(9-2)4-8-5;1-6-3-2-4-7-5-6;1-3-4-5-8(2,6)7/h3-4H,1-2H3;6H,2-5H2,1H3;5H,3-4H2,1-2H3. The highest BCUT2D eigenvalue weighted by molar-refractivity contribution is 7.88. The second-order valence-corrected chi connectivity index (χ2v) is 7.49. The molecule has 1 saturated heterocycles. The van der Waals surface area contributed by atoms with Gasteiger partial charge in [-0.1, -0.05) is 13.8 Å². The number of hydrogen-bond acceptors (Lipinski definition) is 6. The van der Waals surface area contributed by atoms with Crippen molar-refractivity contribution in [1.82, 2.24) is 14.7 Å². The average molecular weight is 362 g/mol. The molecule has 7 nitrogen and oxygen atoms in total. The third-order valence-electron chi connectivity index (χ3n) is 3.00. The van der Waals surface area contributed by atoms with E-state index in [1.54, 1.807) is 19.5 Å². The minimum absolute atomic E-state index is 0.541. The summed E-state index contributed by atoms with van der Waals surface area (Å²) in [6, 6.07) is 0. The van der Waals surface area contributed by atoms with Gasteiger partial charge in [-0.2, -0.15) is 0 Å². The van der Waals surface area contributed by atoms with E-state index in [4.69, 9.17) is 9.47 Å². The van der Waals surface area contributed by atoms with E-state index in [2.05, 4.69) is 21.6 Å². The molecule has 8 heteroatoms. The van der Waals surface area contributed by atoms with Gasteiger partial charge in [0, 0.05) is 19.8 Å². The van der Waals surface area contributed by atoms with Crippen LogP contribution in [0.1, 0.15) is 38.9 Å². The van der Waals surface area contributed by atoms with Gasteiger partial charge in [-0.05, 0) is 32.1 Å². The number of nitrogens with one attached hydrogen (secondary N) is 1. The van der Waals surface area contributed by atoms with E-state index in [9.17, 15) is 8.42 Å². The molecule has 0 aromatic carbocycles. The molecular formula is C16H31N3O4S. The second kappa shape index (κ2) is 13.1. The number of sulfonamides is 1. The second-order valence-electron chi connectivity index (χ2n) is 5.66. The highest BCUT2D eigenvalue weighted by Gasteiger charge is 2.06. The lowest BCUT2D eigenvalue weighted by Gasteiger charge is -2.16. The van der Waals surface area contributed by atoms with Crippen LogP contribution in [0.5, 0.6) is 5.75 Å². The van der Waals surface area contributed by atoms with Gasteiger partial charge in [-0.25, -0.2) is 23.1 Å². The predicted octanol–water partition coefficient (Wildman–Crippen LogP) is 2.17. The highest BCUT2D eigenvalue weighted by atomic mass is 32.2. The molecule has 0 aliphatic carbocycles. The fraction of sp³-hybridized carbons (Fsp3) is 0.750. The van der Waals surface area contributed by atoms with Crippen LogP contribution in [0.15, 0.2) is 12.4 Å². The van der Waals surface area contributed by atoms with Gasteiger partial charge in [0.25, 0.3) is 0 Å². The van der Waals surface area contributed by atoms with Gasteiger partial charge in [0.15, 0.2) is 5.75 Å². The van der Waals surface area contributed by atoms with Crippen LogP contribution < -0.4 is 9.46 Å². The van der Waals surface area contributed by atoms with Crippen LogP contribution >= 0.6 is 0 Å². The Hall–Kier alpha value is -1.25. The monoisotopic (exact) mass is 361 g/mol. The van der Waals surface area contributed by atoms with E-state index in [1.165, 1.54) is 12.8 Å². The zero-order valence-corrected chi connectivity index (χ0v) is 16.2. The molecule has 2 heterocycles. The van der Waals surface area contributed by atoms with Crippen molar-refractivity contribution in [3.8, 4) is 5.75 Å². The Kier molecular flexibility index (Phi) is 12.4. The molecule has 140 valence electrons. The molecule has 1 aromatic heterocycles. The number of hydrogen-bond donors (Lipinski definition) is 1. The minimum atomic E-state index is -2.94. The van der Waals surface area contributed by atoms with Crippen LogP contribution in [-0.4, -0.2) is 51.5 Å². The van der Waals surface area contributed by atoms with Gasteiger partial charge in [0.1, 0.15) is 5.82 Å². The van der Waals surface area contributed by atoms with E-state index in [-0.39, 0.29) is 0 Å². The summed E-state index contributed by atoms with van der Waals surface area (Å²) in [7, 11) is -1.34. The molecule has 0 amide bonds. The van der Waals surface area contributed by atoms with Gasteiger partial charge in [-0.15, -0.1) is 0 Å². The fourth-order valence-electron chi connectivity index (χ4n) is 1.68. The van der Waals surface area contributed by atoms with E-state index in [0.717, 1.165) is 37.6 Å². The van der Waals surface area contributed by atoms with Crippen molar-refractivity contribution in [2.45, 2.75) is 40.0 Å². The summed E-state index contributed by atoms with van der Waals surface area (Å²) in [6.45, 7) is 8.50. The third-order valence-corrected chi connectivity index (χ3v) is 3.72. The molecule has 1 atom stereocenters. The molecule has 1 N–H and O–H groups in total. The highest BCUT2D eigenvalue weighted by Crippen LogP contribution is 2.10. The van der Waals surface area contributed by atoms with Crippen molar-refractivity contribution in [1.29, 1.82) is 0 Å². The summed E-state index contributed by atoms with van der Waals surface area (Å²) in [5.74, 6) is 2.27. The van der Waals surface area contributed by atoms with E-state index in [1.807, 2.05) is 13.8 Å². The zero-order chi connectivity index (χ0) is 18.4. The summed E-state index contributed by atoms with van der Waals surface area (Å²) in [5, 5.41) is 0. The van der Waals surface area contributed by atoms with Crippen LogP contribution in [0.25, 0.3) is 0 Å². The van der Waals surface area contributed by atoms with Crippen molar-refractivity contribution in [3.63, 3.8) is 0 Å². The quantitative estimate of drug-likeness (QED) is 0.884. The molecule has 0 saturated carbocycles. The SMILES string of the molecule is CC1CCCOC1.CCCNS(C)(=O)=O.COc1cnc(C)nc1. The lowest BCUT2D eigenvalue weighted by Crippen LogP contribution is -2.22. The van der Waals surface area contributed by atoms with Crippen LogP contribution in [0.4, 0.5) is 0 Å². The van der Waals surface area contributed by atoms with Crippen molar-refractivity contribution < 1.29 is 17.9 Å². The smallest absolute Gasteiger partial charge is 0.208 e. The van der Waals surface area contributed by atoms with E-state index >= 15 is 0 Å². The maximum absolute atomic E-state index is 10.3. The Labute approximate surface area is 146 Å². The first-order valence-corrected chi connectivity index (χ1v) is 10.0. The number of methoxy groups -OCH3 is 1. The minimum Gasteiger partial charge on any atom is -0.494 e. The lowest BCUT2D eigenvalue weighted by molar-refractivity contribution is 0.0616. The summed E-state index contributed by atoms with van der Waals surface area (Å²) in [6.07, 6.45) is 7.90. The topological polar surface area (TPSA) is 90.4 Å². The predicted molar refractivity (Wildman–Crippen MR) is 95.7 cm³/mol. The first-order valence-electron chi connectivity index (χ1n) is 8.13. The van der Waals surface area contributed by atoms with E-state index < -0.39 is 10.0 Å². The fourth-order valence-corrected chi connectivity index (χ4v) is 2.25. The molecule has 1 unspecified atom stereocenters. The molecule has 1 aliphatic rings. The van der Waals surface area contributed by atoms with Crippen LogP contribution in [-0.2, 0) is 14.8 Å². The average Bonchev–Trinajstić information content (AvgIpc) is 2.55. The molecule has 0 bridgehead atoms. The Balaban J connectivity index is 0.000000333. The van der Waals surface area contributed by atoms with Gasteiger partial charge >= 0.3 is 0 Å². The molecular weight excluding hydrogens is 330 g/mol. The number of nitrogens with zero attached hydrogens (tertiary/aromatic N) is 2. The van der Waals surface area contributed by atoms with Gasteiger partial charge in [0.2, 0.25) is 10.0 Å². The maximum atomic E-state index is 10.3. The number of aromatic nitrogens is 2. The molecule has 1 aliphatic heterocycles. The molecule has 2 rings (SSSR count). The molecule has 0 radical (unpaired) electrons. The summed E-state index contributed by atoms with van der Waals surface area (Å²) in [5.41, 5.74) is 0. The Morgan fingerprint density at radius 2 is 2.00 bits per heavy atom. The number of rotatable bonds is 4. The lowest BCUT2D eigenvalue weighted by atomic mass is 10.1. The Morgan fingerprint density at radius 1 is 1.38 bits per heavy atom. The third kappa shape index (κ3) is 14.3. The van der Waals surface area contributed by atoms with Crippen LogP contribution in [0, 0.1) is 12.8 Å². The first-order chi connectivity index (χ1) is 11.3. The van der Waals surface area contributed by atoms with Crippen molar-refractivity contribution >= 4 is 10.0 Å². The van der Waals surface area contributed by atoms with Gasteiger partial charge in [0.05, 0.1) is 25.8 Å². The van der Waals surface area contributed by atoms with E-state index in [0.29, 0.717) is 12.3 Å². The Bertz CT molecular complexity index is 515. The number of ether oxygens (including phenoxy) is 2. The van der Waals surface area contributed by atoms with Gasteiger partial charge in [-0.3, -0.25) is 0 Å². The van der Waals surface area contributed by atoms with Crippen LogP contribution in [0.2, 0.25) is 0 Å². The first kappa shape index (κ1) is 22.8. The van der Waals surface area contributed by atoms with Gasteiger partial charge < -0.3 is 9.47 Å². The summed E-state index contributed by atoms with van der Waals surface area (Å²) in [4.78, 5) is 7.83. The molecule has 0 spiro atoms. The largest absolute Gasteiger partial charge is 0.494 e. The van der Waals surface area contributed by atoms with Crippen molar-refractivity contribution in [2.75, 3.05) is 33.1 Å².